The third-order valence-corrected chi connectivity index (χ3v) is 2.11. The predicted octanol–water partition coefficient (Wildman–Crippen LogP) is 1.66. The van der Waals surface area contributed by atoms with Crippen molar-refractivity contribution in [3.8, 4) is 11.4 Å². The van der Waals surface area contributed by atoms with Crippen LogP contribution in [0, 0.1) is 0 Å². The van der Waals surface area contributed by atoms with Crippen LogP contribution >= 0.6 is 0 Å². The van der Waals surface area contributed by atoms with Crippen molar-refractivity contribution in [2.75, 3.05) is 13.7 Å². The van der Waals surface area contributed by atoms with Gasteiger partial charge >= 0.3 is 0 Å². The molecule has 0 saturated carbocycles. The maximum absolute atomic E-state index is 4.97. The van der Waals surface area contributed by atoms with Crippen LogP contribution in [-0.4, -0.2) is 28.9 Å². The lowest BCUT2D eigenvalue weighted by molar-refractivity contribution is 0.200. The van der Waals surface area contributed by atoms with Gasteiger partial charge in [0.25, 0.3) is 0 Å². The van der Waals surface area contributed by atoms with Crippen molar-refractivity contribution in [3.63, 3.8) is 0 Å². The van der Waals surface area contributed by atoms with E-state index in [2.05, 4.69) is 15.2 Å². The Labute approximate surface area is 88.3 Å². The summed E-state index contributed by atoms with van der Waals surface area (Å²) in [6.45, 7) is 0.656. The first-order valence-electron chi connectivity index (χ1n) is 4.86. The fourth-order valence-corrected chi connectivity index (χ4v) is 1.32. The van der Waals surface area contributed by atoms with Gasteiger partial charge in [0.05, 0.1) is 6.61 Å². The summed E-state index contributed by atoms with van der Waals surface area (Å²) in [6, 6.07) is 9.90. The molecule has 0 amide bonds. The molecule has 2 rings (SSSR count). The molecule has 0 aliphatic carbocycles. The highest BCUT2D eigenvalue weighted by Crippen LogP contribution is 2.13. The van der Waals surface area contributed by atoms with Gasteiger partial charge in [-0.1, -0.05) is 30.3 Å². The molecule has 4 nitrogen and oxygen atoms in total. The smallest absolute Gasteiger partial charge is 0.181 e. The number of hydrogen-bond acceptors (Lipinski definition) is 3. The Bertz CT molecular complexity index is 411. The van der Waals surface area contributed by atoms with Crippen LogP contribution in [0.25, 0.3) is 11.4 Å². The third-order valence-electron chi connectivity index (χ3n) is 2.11. The summed E-state index contributed by atoms with van der Waals surface area (Å²) < 4.78 is 4.97. The summed E-state index contributed by atoms with van der Waals surface area (Å²) in [7, 11) is 1.68. The van der Waals surface area contributed by atoms with Crippen molar-refractivity contribution < 1.29 is 4.74 Å². The zero-order chi connectivity index (χ0) is 10.5. The molecule has 2 aromatic rings. The van der Waals surface area contributed by atoms with Crippen molar-refractivity contribution >= 4 is 0 Å². The molecule has 0 radical (unpaired) electrons. The second-order valence-electron chi connectivity index (χ2n) is 3.21. The molecule has 0 spiro atoms. The Balaban J connectivity index is 2.14. The highest BCUT2D eigenvalue weighted by molar-refractivity contribution is 5.53. The summed E-state index contributed by atoms with van der Waals surface area (Å²) in [5.41, 5.74) is 1.03. The van der Waals surface area contributed by atoms with E-state index in [1.165, 1.54) is 0 Å². The van der Waals surface area contributed by atoms with E-state index in [4.69, 9.17) is 4.74 Å². The molecule has 0 atom stereocenters. The molecule has 0 aliphatic heterocycles. The van der Waals surface area contributed by atoms with E-state index in [0.717, 1.165) is 23.6 Å². The fraction of sp³-hybridized carbons (Fsp3) is 0.273. The van der Waals surface area contributed by atoms with Crippen LogP contribution in [0.3, 0.4) is 0 Å². The van der Waals surface area contributed by atoms with Crippen LogP contribution in [0.15, 0.2) is 30.3 Å². The predicted molar refractivity (Wildman–Crippen MR) is 57.4 cm³/mol. The van der Waals surface area contributed by atoms with Gasteiger partial charge < -0.3 is 4.74 Å². The van der Waals surface area contributed by atoms with E-state index in [1.54, 1.807) is 7.11 Å². The maximum Gasteiger partial charge on any atom is 0.181 e. The summed E-state index contributed by atoms with van der Waals surface area (Å²) in [5.74, 6) is 1.59. The third kappa shape index (κ3) is 2.41. The van der Waals surface area contributed by atoms with E-state index in [-0.39, 0.29) is 0 Å². The van der Waals surface area contributed by atoms with E-state index in [0.29, 0.717) is 6.61 Å². The lowest BCUT2D eigenvalue weighted by atomic mass is 10.2. The van der Waals surface area contributed by atoms with Crippen molar-refractivity contribution in [2.24, 2.45) is 0 Å². The number of methoxy groups -OCH3 is 1. The van der Waals surface area contributed by atoms with Crippen molar-refractivity contribution in [2.45, 2.75) is 6.42 Å². The zero-order valence-corrected chi connectivity index (χ0v) is 8.60. The minimum atomic E-state index is 0.656. The van der Waals surface area contributed by atoms with Crippen LogP contribution in [0.1, 0.15) is 5.82 Å². The summed E-state index contributed by atoms with van der Waals surface area (Å²) in [4.78, 5) is 4.37. The maximum atomic E-state index is 4.97. The largest absolute Gasteiger partial charge is 0.384 e. The van der Waals surface area contributed by atoms with Gasteiger partial charge in [-0.2, -0.15) is 5.10 Å². The fourth-order valence-electron chi connectivity index (χ4n) is 1.32. The van der Waals surface area contributed by atoms with E-state index in [9.17, 15) is 0 Å². The average Bonchev–Trinajstić information content (AvgIpc) is 2.76. The monoisotopic (exact) mass is 203 g/mol. The molecule has 0 unspecified atom stereocenters. The molecular weight excluding hydrogens is 190 g/mol. The van der Waals surface area contributed by atoms with Crippen LogP contribution in [0.4, 0.5) is 0 Å². The molecule has 1 N–H and O–H groups in total. The molecule has 0 fully saturated rings. The molecule has 78 valence electrons. The van der Waals surface area contributed by atoms with Gasteiger partial charge in [-0.3, -0.25) is 5.10 Å². The second kappa shape index (κ2) is 4.70. The number of aromatic amines is 1. The number of ether oxygens (including phenoxy) is 1. The number of nitrogens with one attached hydrogen (secondary N) is 1. The van der Waals surface area contributed by atoms with Gasteiger partial charge in [0.15, 0.2) is 5.82 Å². The van der Waals surface area contributed by atoms with Crippen LogP contribution in [0.5, 0.6) is 0 Å². The zero-order valence-electron chi connectivity index (χ0n) is 8.60. The first-order chi connectivity index (χ1) is 7.40. The first-order valence-corrected chi connectivity index (χ1v) is 4.86. The molecule has 1 aromatic heterocycles. The summed E-state index contributed by atoms with van der Waals surface area (Å²) in [5, 5.41) is 7.05. The molecule has 1 aromatic carbocycles. The molecule has 0 aliphatic rings. The molecule has 0 bridgehead atoms. The van der Waals surface area contributed by atoms with E-state index < -0.39 is 0 Å². The van der Waals surface area contributed by atoms with Gasteiger partial charge in [0.2, 0.25) is 0 Å². The van der Waals surface area contributed by atoms with E-state index >= 15 is 0 Å². The van der Waals surface area contributed by atoms with Crippen LogP contribution in [-0.2, 0) is 11.2 Å². The number of H-pyrrole nitrogens is 1. The normalized spacial score (nSPS) is 10.5. The van der Waals surface area contributed by atoms with Gasteiger partial charge in [-0.05, 0) is 0 Å². The number of hydrogen-bond donors (Lipinski definition) is 1. The molecule has 4 heteroatoms. The van der Waals surface area contributed by atoms with Crippen LogP contribution < -0.4 is 0 Å². The Kier molecular flexibility index (Phi) is 3.09. The Morgan fingerprint density at radius 1 is 1.27 bits per heavy atom. The Morgan fingerprint density at radius 2 is 2.07 bits per heavy atom. The Morgan fingerprint density at radius 3 is 2.80 bits per heavy atom. The van der Waals surface area contributed by atoms with Crippen molar-refractivity contribution in [1.82, 2.24) is 15.2 Å². The van der Waals surface area contributed by atoms with Crippen molar-refractivity contribution in [3.05, 3.63) is 36.2 Å². The molecule has 15 heavy (non-hydrogen) atoms. The van der Waals surface area contributed by atoms with E-state index in [1.807, 2.05) is 30.3 Å². The number of rotatable bonds is 4. The summed E-state index contributed by atoms with van der Waals surface area (Å²) in [6.07, 6.45) is 0.760. The average molecular weight is 203 g/mol. The van der Waals surface area contributed by atoms with Gasteiger partial charge in [-0.25, -0.2) is 4.98 Å². The van der Waals surface area contributed by atoms with Gasteiger partial charge in [0.1, 0.15) is 5.82 Å². The minimum Gasteiger partial charge on any atom is -0.384 e. The number of nitrogens with zero attached hydrogens (tertiary/aromatic N) is 2. The van der Waals surface area contributed by atoms with Crippen LogP contribution in [0.2, 0.25) is 0 Å². The second-order valence-corrected chi connectivity index (χ2v) is 3.21. The van der Waals surface area contributed by atoms with Gasteiger partial charge in [-0.15, -0.1) is 0 Å². The highest BCUT2D eigenvalue weighted by Gasteiger charge is 2.04. The number of aromatic nitrogens is 3. The van der Waals surface area contributed by atoms with Gasteiger partial charge in [0, 0.05) is 19.1 Å². The SMILES string of the molecule is COCCc1nc(-c2ccccc2)n[nH]1. The molecule has 0 saturated heterocycles. The topological polar surface area (TPSA) is 50.8 Å². The minimum absolute atomic E-state index is 0.656. The van der Waals surface area contributed by atoms with Crippen molar-refractivity contribution in [1.29, 1.82) is 0 Å². The Hall–Kier alpha value is -1.68. The quantitative estimate of drug-likeness (QED) is 0.822. The summed E-state index contributed by atoms with van der Waals surface area (Å²) >= 11 is 0. The first kappa shape index (κ1) is 9.86. The number of benzene rings is 1. The standard InChI is InChI=1S/C11H13N3O/c1-15-8-7-10-12-11(14-13-10)9-5-3-2-4-6-9/h2-6H,7-8H2,1H3,(H,12,13,14). The highest BCUT2D eigenvalue weighted by atomic mass is 16.5. The molecular formula is C11H13N3O. The lowest BCUT2D eigenvalue weighted by Crippen LogP contribution is -1.96. The molecule has 1 heterocycles. The lowest BCUT2D eigenvalue weighted by Gasteiger charge is -1.93.